The Kier molecular flexibility index (Phi) is 4.33. The van der Waals surface area contributed by atoms with Crippen LogP contribution in [-0.2, 0) is 14.3 Å². The molecule has 0 aromatic carbocycles. The molecule has 25 heavy (non-hydrogen) atoms. The van der Waals surface area contributed by atoms with E-state index >= 15 is 4.39 Å². The van der Waals surface area contributed by atoms with E-state index in [1.54, 1.807) is 13.8 Å². The van der Waals surface area contributed by atoms with E-state index in [1.165, 1.54) is 24.0 Å². The van der Waals surface area contributed by atoms with E-state index in [4.69, 9.17) is 15.2 Å². The topological polar surface area (TPSA) is 125 Å². The first-order valence-electron chi connectivity index (χ1n) is 7.86. The molecule has 9 nitrogen and oxygen atoms in total. The van der Waals surface area contributed by atoms with Gasteiger partial charge in [-0.2, -0.15) is 5.10 Å². The second-order valence-electron chi connectivity index (χ2n) is 6.50. The van der Waals surface area contributed by atoms with Gasteiger partial charge in [0.1, 0.15) is 31.2 Å². The molecule has 1 saturated heterocycles. The monoisotopic (exact) mass is 353 g/mol. The molecule has 0 amide bonds. The molecule has 0 saturated carbocycles. The number of imidazole rings is 1. The molecule has 0 bridgehead atoms. The first kappa shape index (κ1) is 17.5. The smallest absolute Gasteiger partial charge is 0.308 e. The number of nitrogens with two attached hydrogens (primary N) is 1. The largest absolute Gasteiger partial charge is 0.463 e. The van der Waals surface area contributed by atoms with Gasteiger partial charge in [-0.15, -0.1) is 0 Å². The van der Waals surface area contributed by atoms with Crippen LogP contribution in [0.25, 0.3) is 5.65 Å². The van der Waals surface area contributed by atoms with Gasteiger partial charge in [0, 0.05) is 0 Å². The van der Waals surface area contributed by atoms with Crippen molar-refractivity contribution in [2.45, 2.75) is 44.8 Å². The molecule has 1 aliphatic rings. The predicted molar refractivity (Wildman–Crippen MR) is 84.1 cm³/mol. The van der Waals surface area contributed by atoms with Crippen LogP contribution >= 0.6 is 0 Å². The maximum atomic E-state index is 15.2. The summed E-state index contributed by atoms with van der Waals surface area (Å²) < 4.78 is 27.2. The van der Waals surface area contributed by atoms with Crippen LogP contribution in [0.2, 0.25) is 0 Å². The number of fused-ring (bicyclic) bond motifs is 1. The Labute approximate surface area is 143 Å². The van der Waals surface area contributed by atoms with Crippen LogP contribution < -0.4 is 5.73 Å². The molecule has 1 fully saturated rings. The van der Waals surface area contributed by atoms with E-state index < -0.39 is 29.9 Å². The van der Waals surface area contributed by atoms with Gasteiger partial charge in [-0.05, 0) is 6.92 Å². The third kappa shape index (κ3) is 2.91. The van der Waals surface area contributed by atoms with Crippen molar-refractivity contribution in [3.05, 3.63) is 18.2 Å². The van der Waals surface area contributed by atoms with Crippen molar-refractivity contribution in [1.29, 1.82) is 0 Å². The van der Waals surface area contributed by atoms with Gasteiger partial charge in [-0.25, -0.2) is 18.9 Å². The molecule has 3 rings (SSSR count). The number of halogens is 1. The molecule has 0 unspecified atom stereocenters. The van der Waals surface area contributed by atoms with Crippen molar-refractivity contribution in [3.63, 3.8) is 0 Å². The molecule has 0 radical (unpaired) electrons. The van der Waals surface area contributed by atoms with Crippen LogP contribution in [-0.4, -0.2) is 55.1 Å². The van der Waals surface area contributed by atoms with Crippen molar-refractivity contribution in [3.8, 4) is 0 Å². The SMILES string of the molecule is CC(C)C(=O)OC[C@H]1O[C@@H](c2cnc3c(N)ncnn23)[C@](C)(F)[C@@H]1O. The van der Waals surface area contributed by atoms with Gasteiger partial charge in [0.15, 0.2) is 17.1 Å². The summed E-state index contributed by atoms with van der Waals surface area (Å²) in [7, 11) is 0. The molecule has 2 aromatic heterocycles. The minimum Gasteiger partial charge on any atom is -0.463 e. The second-order valence-corrected chi connectivity index (χ2v) is 6.50. The van der Waals surface area contributed by atoms with Gasteiger partial charge < -0.3 is 20.3 Å². The fourth-order valence-electron chi connectivity index (χ4n) is 2.75. The number of aromatic nitrogens is 4. The summed E-state index contributed by atoms with van der Waals surface area (Å²) >= 11 is 0. The highest BCUT2D eigenvalue weighted by Crippen LogP contribution is 2.44. The molecule has 1 aliphatic heterocycles. The number of anilines is 1. The average Bonchev–Trinajstić information content (AvgIpc) is 3.07. The second kappa shape index (κ2) is 6.19. The molecule has 136 valence electrons. The number of ether oxygens (including phenoxy) is 2. The number of rotatable bonds is 4. The van der Waals surface area contributed by atoms with Gasteiger partial charge >= 0.3 is 5.97 Å². The number of carbonyl (C=O) groups is 1. The van der Waals surface area contributed by atoms with Crippen molar-refractivity contribution >= 4 is 17.4 Å². The first-order valence-corrected chi connectivity index (χ1v) is 7.86. The normalized spacial score (nSPS) is 29.4. The number of aliphatic hydroxyl groups is 1. The zero-order chi connectivity index (χ0) is 18.4. The molecule has 2 aromatic rings. The zero-order valence-electron chi connectivity index (χ0n) is 14.1. The lowest BCUT2D eigenvalue weighted by molar-refractivity contribution is -0.152. The minimum absolute atomic E-state index is 0.141. The van der Waals surface area contributed by atoms with Crippen LogP contribution in [0.15, 0.2) is 12.5 Å². The summed E-state index contributed by atoms with van der Waals surface area (Å²) in [6.07, 6.45) is -1.06. The minimum atomic E-state index is -2.13. The third-order valence-electron chi connectivity index (χ3n) is 4.24. The van der Waals surface area contributed by atoms with Crippen LogP contribution in [0.4, 0.5) is 10.2 Å². The van der Waals surface area contributed by atoms with Crippen LogP contribution in [0, 0.1) is 5.92 Å². The number of carbonyl (C=O) groups excluding carboxylic acids is 1. The summed E-state index contributed by atoms with van der Waals surface area (Å²) in [4.78, 5) is 19.5. The van der Waals surface area contributed by atoms with Gasteiger partial charge in [0.25, 0.3) is 0 Å². The molecule has 0 spiro atoms. The highest BCUT2D eigenvalue weighted by molar-refractivity contribution is 5.71. The Balaban J connectivity index is 1.86. The molecule has 3 N–H and O–H groups in total. The van der Waals surface area contributed by atoms with E-state index in [0.29, 0.717) is 0 Å². The lowest BCUT2D eigenvalue weighted by Gasteiger charge is -2.23. The van der Waals surface area contributed by atoms with Crippen molar-refractivity contribution in [1.82, 2.24) is 19.6 Å². The van der Waals surface area contributed by atoms with Crippen LogP contribution in [0.5, 0.6) is 0 Å². The van der Waals surface area contributed by atoms with Crippen LogP contribution in [0.1, 0.15) is 32.6 Å². The maximum absolute atomic E-state index is 15.2. The summed E-state index contributed by atoms with van der Waals surface area (Å²) in [5.41, 5.74) is 4.14. The Morgan fingerprint density at radius 2 is 2.28 bits per heavy atom. The van der Waals surface area contributed by atoms with Crippen LogP contribution in [0.3, 0.4) is 0 Å². The Morgan fingerprint density at radius 3 is 2.96 bits per heavy atom. The number of hydrogen-bond donors (Lipinski definition) is 2. The van der Waals surface area contributed by atoms with E-state index in [2.05, 4.69) is 15.1 Å². The molecular formula is C15H20FN5O4. The van der Waals surface area contributed by atoms with Crippen molar-refractivity contribution in [2.75, 3.05) is 12.3 Å². The molecule has 4 atom stereocenters. The number of aliphatic hydroxyl groups excluding tert-OH is 1. The summed E-state index contributed by atoms with van der Waals surface area (Å²) in [6, 6.07) is 0. The predicted octanol–water partition coefficient (Wildman–Crippen LogP) is 0.435. The first-order chi connectivity index (χ1) is 11.7. The lowest BCUT2D eigenvalue weighted by atomic mass is 9.93. The fourth-order valence-corrected chi connectivity index (χ4v) is 2.75. The Morgan fingerprint density at radius 1 is 1.56 bits per heavy atom. The number of nitrogens with zero attached hydrogens (tertiary/aromatic N) is 4. The molecule has 0 aliphatic carbocycles. The van der Waals surface area contributed by atoms with Crippen molar-refractivity contribution < 1.29 is 23.8 Å². The lowest BCUT2D eigenvalue weighted by Crippen LogP contribution is -2.40. The Bertz CT molecular complexity index is 793. The van der Waals surface area contributed by atoms with Gasteiger partial charge in [-0.1, -0.05) is 13.8 Å². The quantitative estimate of drug-likeness (QED) is 0.758. The van der Waals surface area contributed by atoms with E-state index in [0.717, 1.165) is 0 Å². The number of alkyl halides is 1. The molecular weight excluding hydrogens is 333 g/mol. The number of nitrogen functional groups attached to an aromatic ring is 1. The van der Waals surface area contributed by atoms with Gasteiger partial charge in [0.05, 0.1) is 17.8 Å². The maximum Gasteiger partial charge on any atom is 0.308 e. The van der Waals surface area contributed by atoms with E-state index in [9.17, 15) is 9.90 Å². The molecule has 10 heteroatoms. The fraction of sp³-hybridized carbons (Fsp3) is 0.600. The summed E-state index contributed by atoms with van der Waals surface area (Å²) in [6.45, 7) is 4.33. The highest BCUT2D eigenvalue weighted by Gasteiger charge is 2.56. The Hall–Kier alpha value is -2.33. The number of esters is 1. The number of hydrogen-bond acceptors (Lipinski definition) is 8. The summed E-state index contributed by atoms with van der Waals surface area (Å²) in [5.74, 6) is -0.637. The molecule has 3 heterocycles. The summed E-state index contributed by atoms with van der Waals surface area (Å²) in [5, 5.41) is 14.3. The standard InChI is InChI=1S/C15H20FN5O4/c1-7(2)14(23)24-5-9-10(22)15(3,16)11(25-9)8-4-18-13-12(17)19-6-20-21(8)13/h4,6-7,9-11,22H,5H2,1-3H3,(H2,17,19,20)/t9-,10-,11+,15-/m1/s1. The average molecular weight is 353 g/mol. The highest BCUT2D eigenvalue weighted by atomic mass is 19.1. The van der Waals surface area contributed by atoms with E-state index in [1.807, 2.05) is 0 Å². The third-order valence-corrected chi connectivity index (χ3v) is 4.24. The zero-order valence-corrected chi connectivity index (χ0v) is 14.1. The van der Waals surface area contributed by atoms with Crippen molar-refractivity contribution in [2.24, 2.45) is 5.92 Å². The van der Waals surface area contributed by atoms with E-state index in [-0.39, 0.29) is 29.7 Å². The van der Waals surface area contributed by atoms with Gasteiger partial charge in [0.2, 0.25) is 0 Å². The van der Waals surface area contributed by atoms with Gasteiger partial charge in [-0.3, -0.25) is 4.79 Å².